The predicted octanol–water partition coefficient (Wildman–Crippen LogP) is 0.826. The van der Waals surface area contributed by atoms with Crippen LogP contribution in [-0.4, -0.2) is 43.2 Å². The molecule has 17 heavy (non-hydrogen) atoms. The van der Waals surface area contributed by atoms with Gasteiger partial charge in [0.2, 0.25) is 0 Å². The van der Waals surface area contributed by atoms with Crippen LogP contribution in [0.3, 0.4) is 0 Å². The Hall–Kier alpha value is -1.17. The SMILES string of the molecule is COc1ccc(F)cc1CN1CCN(N)CC1. The molecule has 1 aromatic carbocycles. The van der Waals surface area contributed by atoms with Gasteiger partial charge in [-0.25, -0.2) is 9.40 Å². The van der Waals surface area contributed by atoms with E-state index in [1.807, 2.05) is 0 Å². The summed E-state index contributed by atoms with van der Waals surface area (Å²) in [7, 11) is 1.61. The van der Waals surface area contributed by atoms with Crippen molar-refractivity contribution in [3.63, 3.8) is 0 Å². The number of piperazine rings is 1. The van der Waals surface area contributed by atoms with Crippen molar-refractivity contribution in [2.45, 2.75) is 6.54 Å². The summed E-state index contributed by atoms with van der Waals surface area (Å²) in [6.45, 7) is 4.19. The van der Waals surface area contributed by atoms with Crippen molar-refractivity contribution in [2.75, 3.05) is 33.3 Å². The molecule has 1 aromatic rings. The van der Waals surface area contributed by atoms with Crippen molar-refractivity contribution in [1.82, 2.24) is 9.91 Å². The lowest BCUT2D eigenvalue weighted by molar-refractivity contribution is 0.127. The van der Waals surface area contributed by atoms with Gasteiger partial charge in [-0.1, -0.05) is 0 Å². The first-order valence-corrected chi connectivity index (χ1v) is 5.73. The molecule has 0 unspecified atom stereocenters. The van der Waals surface area contributed by atoms with Gasteiger partial charge in [0.05, 0.1) is 7.11 Å². The van der Waals surface area contributed by atoms with Crippen LogP contribution < -0.4 is 10.6 Å². The highest BCUT2D eigenvalue weighted by molar-refractivity contribution is 5.33. The average molecular weight is 239 g/mol. The van der Waals surface area contributed by atoms with E-state index in [0.29, 0.717) is 6.54 Å². The number of nitrogens with zero attached hydrogens (tertiary/aromatic N) is 2. The van der Waals surface area contributed by atoms with Crippen LogP contribution in [0.4, 0.5) is 4.39 Å². The van der Waals surface area contributed by atoms with E-state index in [4.69, 9.17) is 10.6 Å². The molecule has 0 aliphatic carbocycles. The van der Waals surface area contributed by atoms with Crippen LogP contribution in [-0.2, 0) is 6.54 Å². The lowest BCUT2D eigenvalue weighted by Crippen LogP contribution is -2.48. The molecule has 1 saturated heterocycles. The molecule has 2 N–H and O–H groups in total. The summed E-state index contributed by atoms with van der Waals surface area (Å²) in [5, 5.41) is 1.80. The first-order valence-electron chi connectivity index (χ1n) is 5.73. The van der Waals surface area contributed by atoms with Crippen LogP contribution in [0.25, 0.3) is 0 Å². The Morgan fingerprint density at radius 1 is 1.29 bits per heavy atom. The smallest absolute Gasteiger partial charge is 0.123 e. The molecule has 0 aromatic heterocycles. The first kappa shape index (κ1) is 12.3. The normalized spacial score (nSPS) is 18.3. The summed E-state index contributed by atoms with van der Waals surface area (Å²) in [5.41, 5.74) is 0.887. The fourth-order valence-electron chi connectivity index (χ4n) is 2.03. The van der Waals surface area contributed by atoms with Gasteiger partial charge in [-0.15, -0.1) is 0 Å². The number of rotatable bonds is 3. The summed E-state index contributed by atoms with van der Waals surface area (Å²) >= 11 is 0. The van der Waals surface area contributed by atoms with E-state index in [0.717, 1.165) is 37.5 Å². The van der Waals surface area contributed by atoms with Crippen molar-refractivity contribution in [2.24, 2.45) is 5.84 Å². The van der Waals surface area contributed by atoms with Gasteiger partial charge in [0.25, 0.3) is 0 Å². The minimum absolute atomic E-state index is 0.224. The second-order valence-electron chi connectivity index (χ2n) is 4.27. The van der Waals surface area contributed by atoms with Crippen LogP contribution in [0.2, 0.25) is 0 Å². The van der Waals surface area contributed by atoms with Gasteiger partial charge in [0, 0.05) is 38.3 Å². The van der Waals surface area contributed by atoms with Gasteiger partial charge in [-0.3, -0.25) is 10.7 Å². The fourth-order valence-corrected chi connectivity index (χ4v) is 2.03. The molecular formula is C12H18FN3O. The molecule has 0 radical (unpaired) electrons. The zero-order valence-corrected chi connectivity index (χ0v) is 10.0. The summed E-state index contributed by atoms with van der Waals surface area (Å²) in [4.78, 5) is 2.25. The van der Waals surface area contributed by atoms with Gasteiger partial charge in [0.1, 0.15) is 11.6 Å². The average Bonchev–Trinajstić information content (AvgIpc) is 2.32. The third-order valence-corrected chi connectivity index (χ3v) is 3.04. The Kier molecular flexibility index (Phi) is 3.93. The van der Waals surface area contributed by atoms with E-state index in [1.54, 1.807) is 18.2 Å². The topological polar surface area (TPSA) is 41.7 Å². The third-order valence-electron chi connectivity index (χ3n) is 3.04. The molecule has 0 amide bonds. The number of hydrogen-bond donors (Lipinski definition) is 1. The molecule has 0 saturated carbocycles. The molecule has 2 rings (SSSR count). The molecule has 5 heteroatoms. The fraction of sp³-hybridized carbons (Fsp3) is 0.500. The van der Waals surface area contributed by atoms with Crippen LogP contribution in [0.15, 0.2) is 18.2 Å². The maximum absolute atomic E-state index is 13.2. The van der Waals surface area contributed by atoms with Crippen LogP contribution in [0.5, 0.6) is 5.75 Å². The van der Waals surface area contributed by atoms with E-state index < -0.39 is 0 Å². The van der Waals surface area contributed by atoms with Gasteiger partial charge in [0.15, 0.2) is 0 Å². The second kappa shape index (κ2) is 5.44. The molecule has 94 valence electrons. The van der Waals surface area contributed by atoms with Gasteiger partial charge < -0.3 is 4.74 Å². The molecule has 1 heterocycles. The molecule has 1 aliphatic rings. The maximum atomic E-state index is 13.2. The highest BCUT2D eigenvalue weighted by atomic mass is 19.1. The molecular weight excluding hydrogens is 221 g/mol. The van der Waals surface area contributed by atoms with E-state index in [1.165, 1.54) is 12.1 Å². The zero-order valence-electron chi connectivity index (χ0n) is 10.0. The number of hydrogen-bond acceptors (Lipinski definition) is 4. The van der Waals surface area contributed by atoms with Crippen LogP contribution in [0.1, 0.15) is 5.56 Å². The lowest BCUT2D eigenvalue weighted by atomic mass is 10.1. The molecule has 0 spiro atoms. The Bertz CT molecular complexity index is 378. The van der Waals surface area contributed by atoms with Gasteiger partial charge in [-0.2, -0.15) is 0 Å². The number of ether oxygens (including phenoxy) is 1. The van der Waals surface area contributed by atoms with Crippen molar-refractivity contribution < 1.29 is 9.13 Å². The molecule has 4 nitrogen and oxygen atoms in total. The summed E-state index contributed by atoms with van der Waals surface area (Å²) in [5.74, 6) is 6.21. The van der Waals surface area contributed by atoms with E-state index in [9.17, 15) is 4.39 Å². The van der Waals surface area contributed by atoms with Crippen molar-refractivity contribution >= 4 is 0 Å². The molecule has 1 fully saturated rings. The number of halogens is 1. The van der Waals surface area contributed by atoms with Crippen molar-refractivity contribution in [3.8, 4) is 5.75 Å². The molecule has 0 bridgehead atoms. The number of methoxy groups -OCH3 is 1. The van der Waals surface area contributed by atoms with Crippen molar-refractivity contribution in [3.05, 3.63) is 29.6 Å². The van der Waals surface area contributed by atoms with Crippen LogP contribution >= 0.6 is 0 Å². The first-order chi connectivity index (χ1) is 8.19. The summed E-state index contributed by atoms with van der Waals surface area (Å²) < 4.78 is 18.4. The number of hydrazine groups is 1. The Morgan fingerprint density at radius 2 is 2.00 bits per heavy atom. The third kappa shape index (κ3) is 3.15. The lowest BCUT2D eigenvalue weighted by Gasteiger charge is -2.32. The van der Waals surface area contributed by atoms with E-state index >= 15 is 0 Å². The monoisotopic (exact) mass is 239 g/mol. The van der Waals surface area contributed by atoms with Gasteiger partial charge in [-0.05, 0) is 18.2 Å². The van der Waals surface area contributed by atoms with E-state index in [2.05, 4.69) is 4.90 Å². The molecule has 0 atom stereocenters. The van der Waals surface area contributed by atoms with E-state index in [-0.39, 0.29) is 5.82 Å². The van der Waals surface area contributed by atoms with Gasteiger partial charge >= 0.3 is 0 Å². The van der Waals surface area contributed by atoms with Crippen molar-refractivity contribution in [1.29, 1.82) is 0 Å². The Labute approximate surface area is 101 Å². The molecule has 1 aliphatic heterocycles. The largest absolute Gasteiger partial charge is 0.496 e. The zero-order chi connectivity index (χ0) is 12.3. The highest BCUT2D eigenvalue weighted by Crippen LogP contribution is 2.21. The Balaban J connectivity index is 2.04. The minimum atomic E-state index is -0.224. The standard InChI is InChI=1S/C12H18FN3O/c1-17-12-3-2-11(13)8-10(12)9-15-4-6-16(14)7-5-15/h2-3,8H,4-7,9,14H2,1H3. The maximum Gasteiger partial charge on any atom is 0.123 e. The quantitative estimate of drug-likeness (QED) is 0.793. The second-order valence-corrected chi connectivity index (χ2v) is 4.27. The summed E-state index contributed by atoms with van der Waals surface area (Å²) in [6.07, 6.45) is 0. The predicted molar refractivity (Wildman–Crippen MR) is 64.0 cm³/mol. The number of benzene rings is 1. The number of nitrogens with two attached hydrogens (primary N) is 1. The highest BCUT2D eigenvalue weighted by Gasteiger charge is 2.16. The Morgan fingerprint density at radius 3 is 2.65 bits per heavy atom. The summed E-state index contributed by atoms with van der Waals surface area (Å²) in [6, 6.07) is 4.62. The minimum Gasteiger partial charge on any atom is -0.496 e. The van der Waals surface area contributed by atoms with Crippen LogP contribution in [0, 0.1) is 5.82 Å².